The minimum absolute atomic E-state index is 0.0464. The molecule has 1 saturated carbocycles. The highest BCUT2D eigenvalue weighted by Gasteiger charge is 2.39. The van der Waals surface area contributed by atoms with Crippen molar-refractivity contribution in [2.45, 2.75) is 19.3 Å². The molecule has 0 aromatic carbocycles. The highest BCUT2D eigenvalue weighted by Crippen LogP contribution is 2.45. The predicted molar refractivity (Wildman–Crippen MR) is 48.1 cm³/mol. The summed E-state index contributed by atoms with van der Waals surface area (Å²) in [6.07, 6.45) is 4.74. The maximum Gasteiger partial charge on any atom is 0.216 e. The summed E-state index contributed by atoms with van der Waals surface area (Å²) in [7, 11) is 0. The molecule has 0 saturated heterocycles. The molecule has 1 aromatic heterocycles. The van der Waals surface area contributed by atoms with Gasteiger partial charge in [0.1, 0.15) is 5.82 Å². The Morgan fingerprint density at radius 1 is 1.85 bits per heavy atom. The van der Waals surface area contributed by atoms with Gasteiger partial charge in [-0.15, -0.1) is 0 Å². The van der Waals surface area contributed by atoms with Crippen LogP contribution in [0.5, 0.6) is 0 Å². The number of aromatic amines is 1. The molecule has 2 atom stereocenters. The van der Waals surface area contributed by atoms with Gasteiger partial charge in [-0.3, -0.25) is 4.79 Å². The van der Waals surface area contributed by atoms with Crippen molar-refractivity contribution in [1.82, 2.24) is 15.3 Å². The van der Waals surface area contributed by atoms with Gasteiger partial charge in [0.25, 0.3) is 0 Å². The number of rotatable bonds is 3. The number of hydrogen-bond donors (Lipinski definition) is 2. The fourth-order valence-electron chi connectivity index (χ4n) is 1.56. The zero-order chi connectivity index (χ0) is 9.26. The molecule has 1 aliphatic rings. The summed E-state index contributed by atoms with van der Waals surface area (Å²) in [6.45, 7) is 2.32. The molecule has 1 amide bonds. The van der Waals surface area contributed by atoms with Crippen LogP contribution in [0.3, 0.4) is 0 Å². The highest BCUT2D eigenvalue weighted by atomic mass is 16.1. The highest BCUT2D eigenvalue weighted by molar-refractivity contribution is 5.72. The van der Waals surface area contributed by atoms with Gasteiger partial charge in [-0.2, -0.15) is 0 Å². The molecule has 13 heavy (non-hydrogen) atoms. The number of carbonyl (C=O) groups excluding carboxylic acids is 1. The smallest absolute Gasteiger partial charge is 0.216 e. The van der Waals surface area contributed by atoms with Crippen molar-refractivity contribution in [1.29, 1.82) is 0 Å². The van der Waals surface area contributed by atoms with E-state index in [4.69, 9.17) is 0 Å². The molecule has 2 rings (SSSR count). The van der Waals surface area contributed by atoms with Crippen molar-refractivity contribution < 1.29 is 4.79 Å². The summed E-state index contributed by atoms with van der Waals surface area (Å²) >= 11 is 0. The minimum Gasteiger partial charge on any atom is -0.356 e. The lowest BCUT2D eigenvalue weighted by molar-refractivity contribution is -0.119. The van der Waals surface area contributed by atoms with Crippen LogP contribution in [0.1, 0.15) is 25.1 Å². The second kappa shape index (κ2) is 3.20. The van der Waals surface area contributed by atoms with E-state index in [1.807, 2.05) is 6.20 Å². The van der Waals surface area contributed by atoms with Crippen molar-refractivity contribution in [3.8, 4) is 0 Å². The van der Waals surface area contributed by atoms with Gasteiger partial charge in [-0.1, -0.05) is 0 Å². The average molecular weight is 179 g/mol. The van der Waals surface area contributed by atoms with Crippen molar-refractivity contribution in [3.63, 3.8) is 0 Å². The van der Waals surface area contributed by atoms with Gasteiger partial charge >= 0.3 is 0 Å². The Balaban J connectivity index is 1.80. The lowest BCUT2D eigenvalue weighted by atomic mass is 10.3. The second-order valence-electron chi connectivity index (χ2n) is 3.51. The van der Waals surface area contributed by atoms with Crippen molar-refractivity contribution in [2.24, 2.45) is 5.92 Å². The standard InChI is InChI=1S/C9H13N3O/c1-6(13)12-5-7-4-8(7)9-10-2-3-11-9/h2-3,7-8H,4-5H2,1H3,(H,10,11)(H,12,13). The molecule has 1 heterocycles. The van der Waals surface area contributed by atoms with E-state index in [0.717, 1.165) is 18.8 Å². The number of nitrogens with one attached hydrogen (secondary N) is 2. The maximum atomic E-state index is 10.6. The third-order valence-electron chi connectivity index (χ3n) is 2.41. The number of H-pyrrole nitrogens is 1. The van der Waals surface area contributed by atoms with Gasteiger partial charge in [0, 0.05) is 31.8 Å². The molecule has 0 radical (unpaired) electrons. The first kappa shape index (κ1) is 8.29. The molecule has 1 fully saturated rings. The second-order valence-corrected chi connectivity index (χ2v) is 3.51. The first-order valence-electron chi connectivity index (χ1n) is 4.51. The lowest BCUT2D eigenvalue weighted by Crippen LogP contribution is -2.22. The van der Waals surface area contributed by atoms with Crippen LogP contribution in [-0.2, 0) is 4.79 Å². The van der Waals surface area contributed by atoms with Crippen LogP contribution in [0.25, 0.3) is 0 Å². The van der Waals surface area contributed by atoms with Crippen LogP contribution in [0.15, 0.2) is 12.4 Å². The van der Waals surface area contributed by atoms with E-state index in [2.05, 4.69) is 15.3 Å². The fourth-order valence-corrected chi connectivity index (χ4v) is 1.56. The molecule has 0 bridgehead atoms. The van der Waals surface area contributed by atoms with E-state index in [0.29, 0.717) is 11.8 Å². The normalized spacial score (nSPS) is 25.6. The van der Waals surface area contributed by atoms with E-state index in [1.54, 1.807) is 13.1 Å². The summed E-state index contributed by atoms with van der Waals surface area (Å²) in [5.41, 5.74) is 0. The van der Waals surface area contributed by atoms with Crippen LogP contribution in [0.4, 0.5) is 0 Å². The molecular weight excluding hydrogens is 166 g/mol. The maximum absolute atomic E-state index is 10.6. The summed E-state index contributed by atoms with van der Waals surface area (Å²) in [4.78, 5) is 17.9. The largest absolute Gasteiger partial charge is 0.356 e. The van der Waals surface area contributed by atoms with Crippen LogP contribution in [0.2, 0.25) is 0 Å². The number of nitrogens with zero attached hydrogens (tertiary/aromatic N) is 1. The van der Waals surface area contributed by atoms with Crippen LogP contribution < -0.4 is 5.32 Å². The van der Waals surface area contributed by atoms with Crippen molar-refractivity contribution in [2.75, 3.05) is 6.54 Å². The van der Waals surface area contributed by atoms with Gasteiger partial charge in [0.15, 0.2) is 0 Å². The molecule has 1 aliphatic carbocycles. The summed E-state index contributed by atoms with van der Waals surface area (Å²) in [6, 6.07) is 0. The molecule has 1 aromatic rings. The molecule has 2 N–H and O–H groups in total. The summed E-state index contributed by atoms with van der Waals surface area (Å²) in [5.74, 6) is 2.21. The van der Waals surface area contributed by atoms with Crippen molar-refractivity contribution >= 4 is 5.91 Å². The Morgan fingerprint density at radius 2 is 2.69 bits per heavy atom. The Labute approximate surface area is 76.8 Å². The number of carbonyl (C=O) groups is 1. The van der Waals surface area contributed by atoms with Gasteiger partial charge in [0.2, 0.25) is 5.91 Å². The molecule has 70 valence electrons. The molecule has 0 spiro atoms. The number of aromatic nitrogens is 2. The zero-order valence-electron chi connectivity index (χ0n) is 7.58. The minimum atomic E-state index is 0.0464. The quantitative estimate of drug-likeness (QED) is 0.715. The summed E-state index contributed by atoms with van der Waals surface area (Å²) in [5, 5.41) is 2.82. The Kier molecular flexibility index (Phi) is 2.04. The first-order chi connectivity index (χ1) is 6.27. The van der Waals surface area contributed by atoms with Gasteiger partial charge in [0.05, 0.1) is 0 Å². The van der Waals surface area contributed by atoms with Gasteiger partial charge in [-0.25, -0.2) is 4.98 Å². The van der Waals surface area contributed by atoms with Gasteiger partial charge < -0.3 is 10.3 Å². The van der Waals surface area contributed by atoms with E-state index in [-0.39, 0.29) is 5.91 Å². The van der Waals surface area contributed by atoms with Crippen LogP contribution in [0, 0.1) is 5.92 Å². The van der Waals surface area contributed by atoms with Crippen molar-refractivity contribution in [3.05, 3.63) is 18.2 Å². The monoisotopic (exact) mass is 179 g/mol. The molecule has 4 heteroatoms. The Morgan fingerprint density at radius 3 is 3.31 bits per heavy atom. The Bertz CT molecular complexity index is 294. The lowest BCUT2D eigenvalue weighted by Gasteiger charge is -1.98. The number of imidazole rings is 1. The molecule has 0 aliphatic heterocycles. The molecule has 2 unspecified atom stereocenters. The van der Waals surface area contributed by atoms with E-state index < -0.39 is 0 Å². The van der Waals surface area contributed by atoms with E-state index >= 15 is 0 Å². The predicted octanol–water partition coefficient (Wildman–Crippen LogP) is 0.649. The molecular formula is C9H13N3O. The van der Waals surface area contributed by atoms with Gasteiger partial charge in [-0.05, 0) is 12.3 Å². The topological polar surface area (TPSA) is 57.8 Å². The number of hydrogen-bond acceptors (Lipinski definition) is 2. The first-order valence-corrected chi connectivity index (χ1v) is 4.51. The summed E-state index contributed by atoms with van der Waals surface area (Å²) < 4.78 is 0. The average Bonchev–Trinajstić information content (AvgIpc) is 2.66. The fraction of sp³-hybridized carbons (Fsp3) is 0.556. The number of amides is 1. The third-order valence-corrected chi connectivity index (χ3v) is 2.41. The molecule has 4 nitrogen and oxygen atoms in total. The van der Waals surface area contributed by atoms with E-state index in [9.17, 15) is 4.79 Å². The zero-order valence-corrected chi connectivity index (χ0v) is 7.58. The van der Waals surface area contributed by atoms with Crippen LogP contribution >= 0.6 is 0 Å². The van der Waals surface area contributed by atoms with E-state index in [1.165, 1.54) is 0 Å². The van der Waals surface area contributed by atoms with Crippen LogP contribution in [-0.4, -0.2) is 22.4 Å². The third kappa shape index (κ3) is 1.88. The SMILES string of the molecule is CC(=O)NCC1CC1c1ncc[nH]1. The Hall–Kier alpha value is -1.32.